The van der Waals surface area contributed by atoms with Crippen LogP contribution in [0, 0.1) is 0 Å². The predicted molar refractivity (Wildman–Crippen MR) is 240 cm³/mol. The van der Waals surface area contributed by atoms with Crippen LogP contribution >= 0.6 is 0 Å². The first-order valence-corrected chi connectivity index (χ1v) is 24.8. The van der Waals surface area contributed by atoms with E-state index in [-0.39, 0.29) is 0 Å². The molecule has 79 heavy (non-hydrogen) atoms. The molecule has 6 fully saturated rings. The molecule has 6 aliphatic heterocycles. The summed E-state index contributed by atoms with van der Waals surface area (Å²) >= 11 is 0. The summed E-state index contributed by atoms with van der Waals surface area (Å²) in [5, 5.41) is 219. The number of aliphatic hydroxyl groups excluding tert-OH is 19. The average molecular weight is 1160 g/mol. The molecule has 0 saturated carbocycles. The minimum Gasteiger partial charge on any atom is -0.477 e. The fourth-order valence-electron chi connectivity index (χ4n) is 10.0. The zero-order valence-electron chi connectivity index (χ0n) is 41.9. The van der Waals surface area contributed by atoms with Gasteiger partial charge in [-0.1, -0.05) is 0 Å². The van der Waals surface area contributed by atoms with Crippen molar-refractivity contribution in [2.24, 2.45) is 0 Å². The summed E-state index contributed by atoms with van der Waals surface area (Å²) in [7, 11) is 0. The van der Waals surface area contributed by atoms with Gasteiger partial charge in [0.15, 0.2) is 31.5 Å². The molecule has 0 aromatic heterocycles. The Morgan fingerprint density at radius 2 is 0.899 bits per heavy atom. The molecular weight excluding hydrogens is 1090 g/mol. The summed E-state index contributed by atoms with van der Waals surface area (Å²) in [5.41, 5.74) is 0. The van der Waals surface area contributed by atoms with Gasteiger partial charge in [-0.2, -0.15) is 0 Å². The smallest absolute Gasteiger partial charge is 0.364 e. The van der Waals surface area contributed by atoms with Crippen LogP contribution in [0.5, 0.6) is 0 Å². The van der Waals surface area contributed by atoms with Crippen molar-refractivity contribution in [2.45, 2.75) is 210 Å². The van der Waals surface area contributed by atoms with Gasteiger partial charge in [-0.3, -0.25) is 9.59 Å². The third-order valence-corrected chi connectivity index (χ3v) is 14.2. The molecule has 36 heteroatoms. The first kappa shape index (κ1) is 65.4. The van der Waals surface area contributed by atoms with Crippen LogP contribution in [0.1, 0.15) is 20.3 Å². The Labute approximate surface area is 446 Å². The maximum atomic E-state index is 13.1. The molecule has 0 bridgehead atoms. The highest BCUT2D eigenvalue weighted by Crippen LogP contribution is 2.40. The van der Waals surface area contributed by atoms with Gasteiger partial charge in [0, 0.05) is 20.3 Å². The number of carbonyl (C=O) groups is 3. The SMILES string of the molecule is CC(=O)N[C@H]1[C@H](O[C@H]2[C@@H](O)[C@@H](CO)O[C@H](O[C@@H]3[C@H](O)[C@@H](O)[C@H](O[C@H]4[C@H](O)[C@@H](O)[C@H](O)O[C@@H]4CO)O[C@@H]3CO)[C@@H]2O)O[C@H](CO)[C@H](O)[C@@H]1O[C@@H]1O[C@H](CO)[C@H](O)[C@H](O[C@]2(C(=O)O)C[C@H](O)[C@@H](NC(C)=O)[C@H]([C@H](O)[C@H](O)CO)O2)[C@H]1O. The lowest BCUT2D eigenvalue weighted by atomic mass is 9.88. The van der Waals surface area contributed by atoms with E-state index in [9.17, 15) is 117 Å². The van der Waals surface area contributed by atoms with Crippen molar-refractivity contribution in [1.82, 2.24) is 10.6 Å². The Hall–Kier alpha value is -2.79. The number of aliphatic hydroxyl groups is 19. The number of carboxylic acid groups (broad SMARTS) is 1. The van der Waals surface area contributed by atoms with Gasteiger partial charge in [0.1, 0.15) is 140 Å². The minimum atomic E-state index is -3.23. The number of rotatable bonds is 21. The van der Waals surface area contributed by atoms with Crippen molar-refractivity contribution in [3.63, 3.8) is 0 Å². The Bertz CT molecular complexity index is 1970. The second-order valence-corrected chi connectivity index (χ2v) is 19.7. The van der Waals surface area contributed by atoms with E-state index < -0.39 is 254 Å². The molecule has 0 radical (unpaired) electrons. The molecule has 2 amide bonds. The number of carbonyl (C=O) groups excluding carboxylic acids is 2. The quantitative estimate of drug-likeness (QED) is 0.0507. The van der Waals surface area contributed by atoms with Crippen LogP contribution < -0.4 is 10.6 Å². The minimum absolute atomic E-state index is 0.836. The summed E-state index contributed by atoms with van der Waals surface area (Å²) in [5.74, 6) is -7.11. The van der Waals surface area contributed by atoms with Crippen molar-refractivity contribution in [3.8, 4) is 0 Å². The van der Waals surface area contributed by atoms with E-state index in [4.69, 9.17) is 52.1 Å². The lowest BCUT2D eigenvalue weighted by Gasteiger charge is -2.51. The van der Waals surface area contributed by atoms with Gasteiger partial charge >= 0.3 is 5.97 Å². The summed E-state index contributed by atoms with van der Waals surface area (Å²) < 4.78 is 62.2. The molecule has 6 heterocycles. The molecule has 0 spiro atoms. The second-order valence-electron chi connectivity index (χ2n) is 19.7. The molecular formula is C43H72N2O34. The summed E-state index contributed by atoms with van der Waals surface area (Å²) in [4.78, 5) is 38.0. The first-order chi connectivity index (χ1) is 37.2. The number of aliphatic carboxylic acids is 1. The molecule has 22 N–H and O–H groups in total. The topological polar surface area (TPSA) is 581 Å². The summed E-state index contributed by atoms with van der Waals surface area (Å²) in [6, 6.07) is -3.60. The third kappa shape index (κ3) is 13.9. The molecule has 0 unspecified atom stereocenters. The molecule has 6 rings (SSSR count). The van der Waals surface area contributed by atoms with E-state index in [1.807, 2.05) is 0 Å². The third-order valence-electron chi connectivity index (χ3n) is 14.2. The van der Waals surface area contributed by atoms with Crippen molar-refractivity contribution in [3.05, 3.63) is 0 Å². The standard InChI is InChI=1S/C43H72N2O34/c1-10(52)44-19-12(54)3-43(42(67)68,78-34(19)21(56)13(55)4-46)79-36-24(59)16(7-49)72-41(30(36)65)76-33-20(45-11(2)53)38(70-14(5-47)22(33)57)77-35-23(58)15(6-48)71-40(29(35)64)75-32-18(9-51)73-39(28(63)26(32)61)74-31-17(8-50)69-37(66)27(62)25(31)60/h12-41,46-51,54-66H,3-9H2,1-2H3,(H,44,52)(H,45,53)(H,67,68)/t12-,13+,14+,15+,16+,17+,18+,19+,20+,21+,22-,23-,24-,25+,26+,27+,28+,29+,30+,31+,32-,33+,34+,35-,36-,37+,38-,39-,40+,41-,43-/m0/s1. The lowest BCUT2D eigenvalue weighted by Crippen LogP contribution is -2.71. The van der Waals surface area contributed by atoms with Gasteiger partial charge < -0.3 is 165 Å². The molecule has 6 aliphatic rings. The van der Waals surface area contributed by atoms with Gasteiger partial charge in [-0.05, 0) is 0 Å². The number of hydrogen-bond donors (Lipinski definition) is 22. The van der Waals surface area contributed by atoms with Crippen molar-refractivity contribution in [1.29, 1.82) is 0 Å². The lowest BCUT2D eigenvalue weighted by molar-refractivity contribution is -0.392. The Morgan fingerprint density at radius 1 is 0.494 bits per heavy atom. The van der Waals surface area contributed by atoms with E-state index in [0.29, 0.717) is 0 Å². The van der Waals surface area contributed by atoms with Crippen molar-refractivity contribution in [2.75, 3.05) is 39.6 Å². The zero-order chi connectivity index (χ0) is 58.7. The maximum absolute atomic E-state index is 13.1. The molecule has 31 atom stereocenters. The highest BCUT2D eigenvalue weighted by Gasteiger charge is 2.61. The van der Waals surface area contributed by atoms with Gasteiger partial charge in [0.05, 0.1) is 51.8 Å². The van der Waals surface area contributed by atoms with Crippen molar-refractivity contribution < 1.29 is 169 Å². The fourth-order valence-corrected chi connectivity index (χ4v) is 10.0. The highest BCUT2D eigenvalue weighted by molar-refractivity contribution is 5.76. The van der Waals surface area contributed by atoms with Crippen LogP contribution in [0.4, 0.5) is 0 Å². The van der Waals surface area contributed by atoms with Crippen LogP contribution in [0.2, 0.25) is 0 Å². The van der Waals surface area contributed by atoms with Crippen LogP contribution in [0.15, 0.2) is 0 Å². The van der Waals surface area contributed by atoms with E-state index >= 15 is 0 Å². The molecule has 36 nitrogen and oxygen atoms in total. The predicted octanol–water partition coefficient (Wildman–Crippen LogP) is -14.6. The average Bonchev–Trinajstić information content (AvgIpc) is 3.54. The summed E-state index contributed by atoms with van der Waals surface area (Å²) in [6.45, 7) is -4.53. The number of nitrogens with one attached hydrogen (secondary N) is 2. The molecule has 0 aliphatic carbocycles. The number of amides is 2. The fraction of sp³-hybridized carbons (Fsp3) is 0.930. The first-order valence-electron chi connectivity index (χ1n) is 24.8. The highest BCUT2D eigenvalue weighted by atomic mass is 16.8. The Morgan fingerprint density at radius 3 is 1.39 bits per heavy atom. The summed E-state index contributed by atoms with van der Waals surface area (Å²) in [6.07, 6.45) is -58.6. The van der Waals surface area contributed by atoms with Gasteiger partial charge in [0.25, 0.3) is 5.79 Å². The van der Waals surface area contributed by atoms with Gasteiger partial charge in [-0.25, -0.2) is 4.79 Å². The van der Waals surface area contributed by atoms with Crippen LogP contribution in [0.25, 0.3) is 0 Å². The van der Waals surface area contributed by atoms with Crippen LogP contribution in [-0.2, 0) is 66.5 Å². The van der Waals surface area contributed by atoms with E-state index in [2.05, 4.69) is 10.6 Å². The van der Waals surface area contributed by atoms with Gasteiger partial charge in [0.2, 0.25) is 11.8 Å². The zero-order valence-corrected chi connectivity index (χ0v) is 41.9. The Kier molecular flexibility index (Phi) is 22.9. The van der Waals surface area contributed by atoms with Gasteiger partial charge in [-0.15, -0.1) is 0 Å². The molecule has 6 saturated heterocycles. The number of carboxylic acids is 1. The number of ether oxygens (including phenoxy) is 11. The normalized spacial score (nSPS) is 47.7. The molecule has 458 valence electrons. The number of hydrogen-bond acceptors (Lipinski definition) is 33. The van der Waals surface area contributed by atoms with Crippen LogP contribution in [0.3, 0.4) is 0 Å². The second kappa shape index (κ2) is 27.7. The monoisotopic (exact) mass is 1160 g/mol. The Balaban J connectivity index is 1.25. The van der Waals surface area contributed by atoms with E-state index in [0.717, 1.165) is 13.8 Å². The van der Waals surface area contributed by atoms with E-state index in [1.165, 1.54) is 0 Å². The van der Waals surface area contributed by atoms with E-state index in [1.54, 1.807) is 0 Å². The maximum Gasteiger partial charge on any atom is 0.364 e. The molecule has 0 aromatic rings. The van der Waals surface area contributed by atoms with Crippen molar-refractivity contribution >= 4 is 17.8 Å². The molecule has 0 aromatic carbocycles. The largest absolute Gasteiger partial charge is 0.477 e. The van der Waals surface area contributed by atoms with Crippen LogP contribution in [-0.4, -0.2) is 349 Å².